The number of ether oxygens (including phenoxy) is 1. The number of aryl methyl sites for hydroxylation is 1. The third-order valence-electron chi connectivity index (χ3n) is 7.91. The lowest BCUT2D eigenvalue weighted by atomic mass is 9.76. The minimum atomic E-state index is -0.764. The predicted octanol–water partition coefficient (Wildman–Crippen LogP) is -1.02. The molecule has 9 heteroatoms. The van der Waals surface area contributed by atoms with Gasteiger partial charge in [-0.05, 0) is 54.8 Å². The molecule has 1 atom stereocenters. The Hall–Kier alpha value is -3.56. The molecule has 4 aromatic rings. The number of pyridine rings is 2. The van der Waals surface area contributed by atoms with E-state index < -0.39 is 5.72 Å². The number of nitrogens with zero attached hydrogens (tertiary/aromatic N) is 4. The summed E-state index contributed by atoms with van der Waals surface area (Å²) in [6, 6.07) is 21.8. The van der Waals surface area contributed by atoms with Gasteiger partial charge in [0, 0.05) is 47.6 Å². The van der Waals surface area contributed by atoms with Gasteiger partial charge in [-0.1, -0.05) is 18.2 Å². The maximum Gasteiger partial charge on any atom is 0.270 e. The highest BCUT2D eigenvalue weighted by atomic mass is 79.9. The Balaban J connectivity index is 0.00000185. The SMILES string of the molecule is C[n+]1ccc(-c2cc[n+](CCN3c4ccccc4C(C)(C)[C@@]34C=Cc3cc([N+](=O)[O-])ccc3O4)cc2)cc1.[Br-].[Br-]. The van der Waals surface area contributed by atoms with Crippen LogP contribution >= 0.6 is 0 Å². The van der Waals surface area contributed by atoms with Gasteiger partial charge in [-0.15, -0.1) is 0 Å². The summed E-state index contributed by atoms with van der Waals surface area (Å²) in [4.78, 5) is 13.3. The third kappa shape index (κ3) is 4.81. The van der Waals surface area contributed by atoms with Gasteiger partial charge in [-0.3, -0.25) is 10.1 Å². The fraction of sp³-hybridized carbons (Fsp3) is 0.226. The van der Waals surface area contributed by atoms with Crippen LogP contribution in [0.1, 0.15) is 25.0 Å². The van der Waals surface area contributed by atoms with E-state index in [0.717, 1.165) is 24.3 Å². The van der Waals surface area contributed by atoms with Crippen molar-refractivity contribution in [1.29, 1.82) is 0 Å². The molecule has 0 saturated carbocycles. The van der Waals surface area contributed by atoms with E-state index in [0.29, 0.717) is 5.75 Å². The van der Waals surface area contributed by atoms with Gasteiger partial charge in [0.05, 0.1) is 16.9 Å². The Morgan fingerprint density at radius 1 is 0.925 bits per heavy atom. The van der Waals surface area contributed by atoms with Crippen molar-refractivity contribution in [1.82, 2.24) is 0 Å². The van der Waals surface area contributed by atoms with Crippen LogP contribution in [0.4, 0.5) is 11.4 Å². The zero-order chi connectivity index (χ0) is 26.5. The number of hydrogen-bond donors (Lipinski definition) is 0. The Labute approximate surface area is 255 Å². The Morgan fingerprint density at radius 3 is 2.25 bits per heavy atom. The predicted molar refractivity (Wildman–Crippen MR) is 146 cm³/mol. The van der Waals surface area contributed by atoms with Crippen molar-refractivity contribution in [2.24, 2.45) is 7.05 Å². The molecule has 0 saturated heterocycles. The third-order valence-corrected chi connectivity index (χ3v) is 7.91. The van der Waals surface area contributed by atoms with Crippen LogP contribution in [0.15, 0.2) is 97.6 Å². The zero-order valence-corrected chi connectivity index (χ0v) is 25.7. The summed E-state index contributed by atoms with van der Waals surface area (Å²) in [7, 11) is 2.01. The normalized spacial score (nSPS) is 17.7. The number of hydrogen-bond acceptors (Lipinski definition) is 4. The summed E-state index contributed by atoms with van der Waals surface area (Å²) in [6.45, 7) is 5.89. The van der Waals surface area contributed by atoms with Crippen LogP contribution in [0.3, 0.4) is 0 Å². The van der Waals surface area contributed by atoms with Crippen molar-refractivity contribution in [3.63, 3.8) is 0 Å². The number of rotatable bonds is 5. The van der Waals surface area contributed by atoms with Crippen LogP contribution in [-0.2, 0) is 19.0 Å². The molecular weight excluding hydrogens is 636 g/mol. The van der Waals surface area contributed by atoms with Crippen LogP contribution in [0, 0.1) is 10.1 Å². The Morgan fingerprint density at radius 2 is 1.57 bits per heavy atom. The molecule has 2 aliphatic rings. The number of benzene rings is 2. The fourth-order valence-corrected chi connectivity index (χ4v) is 5.70. The monoisotopic (exact) mass is 664 g/mol. The number of fused-ring (bicyclic) bond motifs is 2. The second kappa shape index (κ2) is 11.1. The van der Waals surface area contributed by atoms with Gasteiger partial charge in [-0.2, -0.15) is 0 Å². The van der Waals surface area contributed by atoms with Gasteiger partial charge in [0.15, 0.2) is 31.3 Å². The number of nitro benzene ring substituents is 1. The fourth-order valence-electron chi connectivity index (χ4n) is 5.70. The molecule has 0 N–H and O–H groups in total. The molecular formula is C31H30Br2N4O3. The summed E-state index contributed by atoms with van der Waals surface area (Å²) in [5, 5.41) is 11.3. The Bertz CT molecular complexity index is 1570. The average Bonchev–Trinajstić information content (AvgIpc) is 3.10. The van der Waals surface area contributed by atoms with Crippen molar-refractivity contribution in [2.75, 3.05) is 11.4 Å². The maximum atomic E-state index is 11.3. The lowest BCUT2D eigenvalue weighted by Crippen LogP contribution is -3.00. The van der Waals surface area contributed by atoms with Crippen molar-refractivity contribution >= 4 is 17.5 Å². The van der Waals surface area contributed by atoms with Gasteiger partial charge >= 0.3 is 0 Å². The first kappa shape index (κ1) is 29.4. The summed E-state index contributed by atoms with van der Waals surface area (Å²) >= 11 is 0. The lowest BCUT2D eigenvalue weighted by molar-refractivity contribution is -0.694. The van der Waals surface area contributed by atoms with Crippen molar-refractivity contribution in [3.8, 4) is 16.9 Å². The number of aromatic nitrogens is 2. The van der Waals surface area contributed by atoms with Crippen LogP contribution in [0.25, 0.3) is 17.2 Å². The largest absolute Gasteiger partial charge is 1.00 e. The van der Waals surface area contributed by atoms with Crippen LogP contribution in [-0.4, -0.2) is 17.2 Å². The minimum Gasteiger partial charge on any atom is -1.00 e. The quantitative estimate of drug-likeness (QED) is 0.156. The first-order chi connectivity index (χ1) is 18.3. The minimum absolute atomic E-state index is 0. The summed E-state index contributed by atoms with van der Waals surface area (Å²) < 4.78 is 11.0. The molecule has 2 aromatic carbocycles. The van der Waals surface area contributed by atoms with E-state index in [1.165, 1.54) is 22.8 Å². The molecule has 0 bridgehead atoms. The van der Waals surface area contributed by atoms with Gasteiger partial charge < -0.3 is 43.6 Å². The molecule has 40 heavy (non-hydrogen) atoms. The molecule has 7 nitrogen and oxygen atoms in total. The number of anilines is 1. The smallest absolute Gasteiger partial charge is 0.270 e. The molecule has 206 valence electrons. The molecule has 4 heterocycles. The van der Waals surface area contributed by atoms with Gasteiger partial charge in [0.25, 0.3) is 5.69 Å². The van der Waals surface area contributed by atoms with E-state index in [-0.39, 0.29) is 50.0 Å². The molecule has 6 rings (SSSR count). The highest BCUT2D eigenvalue weighted by molar-refractivity contribution is 5.73. The van der Waals surface area contributed by atoms with E-state index in [1.807, 2.05) is 17.7 Å². The molecule has 0 unspecified atom stereocenters. The molecule has 2 aromatic heterocycles. The number of nitro groups is 1. The highest BCUT2D eigenvalue weighted by Gasteiger charge is 2.58. The topological polar surface area (TPSA) is 63.4 Å². The lowest BCUT2D eigenvalue weighted by Gasteiger charge is -2.46. The van der Waals surface area contributed by atoms with Gasteiger partial charge in [0.1, 0.15) is 12.8 Å². The number of para-hydroxylation sites is 1. The summed E-state index contributed by atoms with van der Waals surface area (Å²) in [5.41, 5.74) is 4.37. The number of non-ortho nitro benzene ring substituents is 1. The standard InChI is InChI=1S/C31H30N4O3.2BrH/c1-30(2)27-6-4-5-7-28(27)34(31(30)15-10-25-22-26(35(36)37)8-9-29(25)38-31)21-20-33-18-13-24(14-19-33)23-11-16-32(3)17-12-23;;/h4-19,22H,20-21H2,1-3H3;2*1H/q+2;;/p-2/t31-;;/m0../s1. The van der Waals surface area contributed by atoms with E-state index in [9.17, 15) is 10.1 Å². The van der Waals surface area contributed by atoms with Gasteiger partial charge in [-0.25, -0.2) is 9.13 Å². The summed E-state index contributed by atoms with van der Waals surface area (Å²) in [6.07, 6.45) is 12.4. The van der Waals surface area contributed by atoms with Crippen LogP contribution in [0.5, 0.6) is 5.75 Å². The van der Waals surface area contributed by atoms with E-state index in [1.54, 1.807) is 12.1 Å². The van der Waals surface area contributed by atoms with E-state index in [4.69, 9.17) is 4.74 Å². The average molecular weight is 666 g/mol. The van der Waals surface area contributed by atoms with Crippen LogP contribution in [0.2, 0.25) is 0 Å². The zero-order valence-electron chi connectivity index (χ0n) is 22.5. The van der Waals surface area contributed by atoms with Crippen molar-refractivity contribution < 1.29 is 52.8 Å². The second-order valence-electron chi connectivity index (χ2n) is 10.5. The van der Waals surface area contributed by atoms with Crippen molar-refractivity contribution in [3.05, 3.63) is 119 Å². The molecule has 0 aliphatic carbocycles. The molecule has 0 fully saturated rings. The second-order valence-corrected chi connectivity index (χ2v) is 10.5. The van der Waals surface area contributed by atoms with Crippen LogP contribution < -0.4 is 52.7 Å². The van der Waals surface area contributed by atoms with Gasteiger partial charge in [0.2, 0.25) is 5.72 Å². The summed E-state index contributed by atoms with van der Waals surface area (Å²) in [5.74, 6) is 0.650. The first-order valence-electron chi connectivity index (χ1n) is 12.8. The number of halogens is 2. The molecule has 0 radical (unpaired) electrons. The van der Waals surface area contributed by atoms with E-state index >= 15 is 0 Å². The molecule has 2 aliphatic heterocycles. The van der Waals surface area contributed by atoms with E-state index in [2.05, 4.69) is 103 Å². The maximum absolute atomic E-state index is 11.3. The molecule has 0 amide bonds. The first-order valence-corrected chi connectivity index (χ1v) is 12.8. The Kier molecular flexibility index (Phi) is 8.19. The van der Waals surface area contributed by atoms with Crippen molar-refractivity contribution in [2.45, 2.75) is 31.5 Å². The highest BCUT2D eigenvalue weighted by Crippen LogP contribution is 2.54. The molecule has 1 spiro atoms.